The van der Waals surface area contributed by atoms with E-state index in [2.05, 4.69) is 10.0 Å². The van der Waals surface area contributed by atoms with Gasteiger partial charge in [0.15, 0.2) is 0 Å². The van der Waals surface area contributed by atoms with E-state index < -0.39 is 15.9 Å². The van der Waals surface area contributed by atoms with Gasteiger partial charge in [0.2, 0.25) is 10.0 Å². The Morgan fingerprint density at radius 1 is 1.17 bits per heavy atom. The smallest absolute Gasteiger partial charge is 0.259 e. The maximum absolute atomic E-state index is 12.5. The molecule has 7 heteroatoms. The molecule has 1 amide bonds. The lowest BCUT2D eigenvalue weighted by molar-refractivity contribution is 0.102. The van der Waals surface area contributed by atoms with Gasteiger partial charge in [0.05, 0.1) is 17.6 Å². The highest BCUT2D eigenvalue weighted by molar-refractivity contribution is 7.89. The predicted molar refractivity (Wildman–Crippen MR) is 93.0 cm³/mol. The summed E-state index contributed by atoms with van der Waals surface area (Å²) in [6, 6.07) is 11.5. The SMILES string of the molecule is CCNS(=O)(=O)c1ccc(OC)c(C(=O)Nc2cccc(C)c2)c1. The summed E-state index contributed by atoms with van der Waals surface area (Å²) >= 11 is 0. The molecule has 0 saturated heterocycles. The molecule has 2 aromatic rings. The standard InChI is InChI=1S/C17H20N2O4S/c1-4-18-24(21,22)14-8-9-16(23-3)15(11-14)17(20)19-13-7-5-6-12(2)10-13/h5-11,18H,4H2,1-3H3,(H,19,20). The van der Waals surface area contributed by atoms with Crippen molar-refractivity contribution in [2.75, 3.05) is 19.0 Å². The number of ether oxygens (including phenoxy) is 1. The maximum Gasteiger partial charge on any atom is 0.259 e. The molecule has 24 heavy (non-hydrogen) atoms. The van der Waals surface area contributed by atoms with E-state index in [0.717, 1.165) is 5.56 Å². The molecule has 2 aromatic carbocycles. The second kappa shape index (κ2) is 7.46. The molecule has 0 radical (unpaired) electrons. The van der Waals surface area contributed by atoms with E-state index in [1.165, 1.54) is 25.3 Å². The molecule has 0 spiro atoms. The lowest BCUT2D eigenvalue weighted by Crippen LogP contribution is -2.24. The Balaban J connectivity index is 2.38. The predicted octanol–water partition coefficient (Wildman–Crippen LogP) is 2.55. The molecule has 2 rings (SSSR count). The van der Waals surface area contributed by atoms with Crippen LogP contribution in [0, 0.1) is 6.92 Å². The summed E-state index contributed by atoms with van der Waals surface area (Å²) in [5.74, 6) is -0.137. The van der Waals surface area contributed by atoms with Crippen molar-refractivity contribution in [3.8, 4) is 5.75 Å². The molecule has 0 aliphatic heterocycles. The first kappa shape index (κ1) is 18.0. The number of hydrogen-bond acceptors (Lipinski definition) is 4. The lowest BCUT2D eigenvalue weighted by atomic mass is 10.1. The number of carbonyl (C=O) groups excluding carboxylic acids is 1. The Hall–Kier alpha value is -2.38. The van der Waals surface area contributed by atoms with Gasteiger partial charge in [0, 0.05) is 12.2 Å². The van der Waals surface area contributed by atoms with Crippen LogP contribution in [-0.2, 0) is 10.0 Å². The molecule has 6 nitrogen and oxygen atoms in total. The van der Waals surface area contributed by atoms with Crippen LogP contribution in [0.25, 0.3) is 0 Å². The minimum Gasteiger partial charge on any atom is -0.496 e. The molecular formula is C17H20N2O4S. The average molecular weight is 348 g/mol. The van der Waals surface area contributed by atoms with Crippen LogP contribution in [0.3, 0.4) is 0 Å². The van der Waals surface area contributed by atoms with E-state index in [4.69, 9.17) is 4.74 Å². The molecule has 0 saturated carbocycles. The van der Waals surface area contributed by atoms with Crippen LogP contribution in [-0.4, -0.2) is 28.0 Å². The summed E-state index contributed by atoms with van der Waals surface area (Å²) < 4.78 is 31.8. The normalized spacial score (nSPS) is 11.1. The second-order valence-electron chi connectivity index (χ2n) is 5.19. The van der Waals surface area contributed by atoms with E-state index in [1.54, 1.807) is 13.0 Å². The van der Waals surface area contributed by atoms with Crippen LogP contribution in [0.5, 0.6) is 5.75 Å². The summed E-state index contributed by atoms with van der Waals surface area (Å²) in [5.41, 5.74) is 1.78. The topological polar surface area (TPSA) is 84.5 Å². The molecule has 0 fully saturated rings. The van der Waals surface area contributed by atoms with Crippen molar-refractivity contribution >= 4 is 21.6 Å². The van der Waals surface area contributed by atoms with Crippen LogP contribution < -0.4 is 14.8 Å². The number of benzene rings is 2. The van der Waals surface area contributed by atoms with Gasteiger partial charge in [0.1, 0.15) is 5.75 Å². The molecule has 0 aliphatic rings. The zero-order chi connectivity index (χ0) is 17.7. The van der Waals surface area contributed by atoms with Crippen LogP contribution in [0.1, 0.15) is 22.8 Å². The van der Waals surface area contributed by atoms with E-state index in [1.807, 2.05) is 25.1 Å². The van der Waals surface area contributed by atoms with Crippen LogP contribution in [0.2, 0.25) is 0 Å². The summed E-state index contributed by atoms with van der Waals surface area (Å²) in [5, 5.41) is 2.75. The van der Waals surface area contributed by atoms with E-state index in [9.17, 15) is 13.2 Å². The number of methoxy groups -OCH3 is 1. The van der Waals surface area contributed by atoms with Gasteiger partial charge < -0.3 is 10.1 Å². The molecule has 2 N–H and O–H groups in total. The third kappa shape index (κ3) is 4.12. The Morgan fingerprint density at radius 3 is 2.54 bits per heavy atom. The summed E-state index contributed by atoms with van der Waals surface area (Å²) in [7, 11) is -2.23. The van der Waals surface area contributed by atoms with Gasteiger partial charge in [-0.15, -0.1) is 0 Å². The number of rotatable bonds is 6. The van der Waals surface area contributed by atoms with E-state index >= 15 is 0 Å². The molecule has 0 unspecified atom stereocenters. The van der Waals surface area contributed by atoms with Crippen molar-refractivity contribution in [3.63, 3.8) is 0 Å². The Labute approximate surface area is 141 Å². The van der Waals surface area contributed by atoms with Gasteiger partial charge in [-0.3, -0.25) is 4.79 Å². The number of anilines is 1. The van der Waals surface area contributed by atoms with E-state index in [0.29, 0.717) is 11.4 Å². The van der Waals surface area contributed by atoms with E-state index in [-0.39, 0.29) is 17.0 Å². The first-order chi connectivity index (χ1) is 11.4. The van der Waals surface area contributed by atoms with Crippen molar-refractivity contribution in [1.82, 2.24) is 4.72 Å². The molecule has 128 valence electrons. The number of sulfonamides is 1. The van der Waals surface area contributed by atoms with Crippen LogP contribution in [0.15, 0.2) is 47.4 Å². The summed E-state index contributed by atoms with van der Waals surface area (Å²) in [6.45, 7) is 3.87. The molecule has 0 bridgehead atoms. The number of nitrogens with one attached hydrogen (secondary N) is 2. The van der Waals surface area contributed by atoms with Crippen molar-refractivity contribution in [2.24, 2.45) is 0 Å². The summed E-state index contributed by atoms with van der Waals surface area (Å²) in [6.07, 6.45) is 0. The lowest BCUT2D eigenvalue weighted by Gasteiger charge is -2.12. The fourth-order valence-electron chi connectivity index (χ4n) is 2.23. The quantitative estimate of drug-likeness (QED) is 0.840. The Morgan fingerprint density at radius 2 is 1.92 bits per heavy atom. The zero-order valence-electron chi connectivity index (χ0n) is 13.8. The fourth-order valence-corrected chi connectivity index (χ4v) is 3.29. The first-order valence-electron chi connectivity index (χ1n) is 7.43. The monoisotopic (exact) mass is 348 g/mol. The number of carbonyl (C=O) groups is 1. The highest BCUT2D eigenvalue weighted by Gasteiger charge is 2.19. The number of amides is 1. The molecule has 0 atom stereocenters. The van der Waals surface area contributed by atoms with Crippen LogP contribution >= 0.6 is 0 Å². The van der Waals surface area contributed by atoms with Gasteiger partial charge in [-0.2, -0.15) is 0 Å². The Bertz CT molecular complexity index is 847. The van der Waals surface area contributed by atoms with Gasteiger partial charge in [0.25, 0.3) is 5.91 Å². The third-order valence-electron chi connectivity index (χ3n) is 3.34. The molecule has 0 heterocycles. The van der Waals surface area contributed by atoms with Gasteiger partial charge in [-0.1, -0.05) is 19.1 Å². The summed E-state index contributed by atoms with van der Waals surface area (Å²) in [4.78, 5) is 12.5. The zero-order valence-corrected chi connectivity index (χ0v) is 14.6. The minimum absolute atomic E-state index is 0.0135. The van der Waals surface area contributed by atoms with Crippen molar-refractivity contribution in [1.29, 1.82) is 0 Å². The maximum atomic E-state index is 12.5. The third-order valence-corrected chi connectivity index (χ3v) is 4.88. The van der Waals surface area contributed by atoms with Crippen molar-refractivity contribution in [2.45, 2.75) is 18.7 Å². The first-order valence-corrected chi connectivity index (χ1v) is 8.91. The van der Waals surface area contributed by atoms with Gasteiger partial charge in [-0.05, 0) is 42.8 Å². The minimum atomic E-state index is -3.66. The Kier molecular flexibility index (Phi) is 5.58. The van der Waals surface area contributed by atoms with Crippen molar-refractivity contribution < 1.29 is 17.9 Å². The van der Waals surface area contributed by atoms with Crippen molar-refractivity contribution in [3.05, 3.63) is 53.6 Å². The largest absolute Gasteiger partial charge is 0.496 e. The highest BCUT2D eigenvalue weighted by Crippen LogP contribution is 2.24. The van der Waals surface area contributed by atoms with Gasteiger partial charge in [-0.25, -0.2) is 13.1 Å². The highest BCUT2D eigenvalue weighted by atomic mass is 32.2. The second-order valence-corrected chi connectivity index (χ2v) is 6.95. The number of hydrogen-bond donors (Lipinski definition) is 2. The number of aryl methyl sites for hydroxylation is 1. The fraction of sp³-hybridized carbons (Fsp3) is 0.235. The molecule has 0 aromatic heterocycles. The average Bonchev–Trinajstić information content (AvgIpc) is 2.54. The van der Waals surface area contributed by atoms with Gasteiger partial charge >= 0.3 is 0 Å². The van der Waals surface area contributed by atoms with Crippen LogP contribution in [0.4, 0.5) is 5.69 Å². The molecule has 0 aliphatic carbocycles. The molecular weight excluding hydrogens is 328 g/mol.